The highest BCUT2D eigenvalue weighted by Crippen LogP contribution is 2.25. The molecule has 0 aromatic carbocycles. The van der Waals surface area contributed by atoms with Crippen LogP contribution in [0.15, 0.2) is 17.5 Å². The average Bonchev–Trinajstić information content (AvgIpc) is 2.94. The Kier molecular flexibility index (Phi) is 3.80. The predicted molar refractivity (Wildman–Crippen MR) is 69.8 cm³/mol. The summed E-state index contributed by atoms with van der Waals surface area (Å²) >= 11 is 0. The van der Waals surface area contributed by atoms with Gasteiger partial charge in [0.15, 0.2) is 0 Å². The van der Waals surface area contributed by atoms with Gasteiger partial charge in [0.05, 0.1) is 18.3 Å². The van der Waals surface area contributed by atoms with Crippen molar-refractivity contribution in [2.24, 2.45) is 5.11 Å². The molecule has 2 unspecified atom stereocenters. The molecule has 0 spiro atoms. The first-order valence-corrected chi connectivity index (χ1v) is 6.28. The van der Waals surface area contributed by atoms with Crippen LogP contribution < -0.4 is 0 Å². The third kappa shape index (κ3) is 3.18. The van der Waals surface area contributed by atoms with Gasteiger partial charge in [0.2, 0.25) is 0 Å². The maximum Gasteiger partial charge on any atom is 0.410 e. The quantitative estimate of drug-likeness (QED) is 0.466. The molecule has 20 heavy (non-hydrogen) atoms. The van der Waals surface area contributed by atoms with Crippen LogP contribution in [0.4, 0.5) is 4.79 Å². The molecule has 1 amide bonds. The molecule has 0 radical (unpaired) electrons. The summed E-state index contributed by atoms with van der Waals surface area (Å²) in [5.41, 5.74) is 8.07. The van der Waals surface area contributed by atoms with Crippen molar-refractivity contribution >= 4 is 6.09 Å². The van der Waals surface area contributed by atoms with Gasteiger partial charge in [0.25, 0.3) is 0 Å². The minimum absolute atomic E-state index is 0.221. The van der Waals surface area contributed by atoms with Crippen LogP contribution in [-0.2, 0) is 4.74 Å². The van der Waals surface area contributed by atoms with Crippen LogP contribution in [0.1, 0.15) is 26.8 Å². The van der Waals surface area contributed by atoms with Gasteiger partial charge < -0.3 is 9.64 Å². The van der Waals surface area contributed by atoms with Crippen LogP contribution in [0.2, 0.25) is 0 Å². The van der Waals surface area contributed by atoms with Crippen molar-refractivity contribution in [1.29, 1.82) is 0 Å². The SMILES string of the molecule is CC(C)(C)OC(=O)N1CC(N=[N+]=[N-])C(n2ccnn2)C1. The number of rotatable bonds is 2. The Bertz CT molecular complexity index is 515. The van der Waals surface area contributed by atoms with E-state index in [4.69, 9.17) is 10.3 Å². The topological polar surface area (TPSA) is 109 Å². The monoisotopic (exact) mass is 279 g/mol. The summed E-state index contributed by atoms with van der Waals surface area (Å²) in [5.74, 6) is 0. The first-order valence-electron chi connectivity index (χ1n) is 6.28. The third-order valence-electron chi connectivity index (χ3n) is 2.89. The number of nitrogens with zero attached hydrogens (tertiary/aromatic N) is 7. The molecule has 1 aromatic rings. The van der Waals surface area contributed by atoms with Gasteiger partial charge in [-0.2, -0.15) is 0 Å². The van der Waals surface area contributed by atoms with E-state index in [2.05, 4.69) is 20.3 Å². The van der Waals surface area contributed by atoms with E-state index in [1.807, 2.05) is 0 Å². The van der Waals surface area contributed by atoms with Crippen molar-refractivity contribution in [1.82, 2.24) is 19.9 Å². The summed E-state index contributed by atoms with van der Waals surface area (Å²) in [6.45, 7) is 6.10. The predicted octanol–water partition coefficient (Wildman–Crippen LogP) is 1.75. The summed E-state index contributed by atoms with van der Waals surface area (Å²) < 4.78 is 6.92. The fourth-order valence-corrected chi connectivity index (χ4v) is 2.08. The number of hydrogen-bond acceptors (Lipinski definition) is 5. The summed E-state index contributed by atoms with van der Waals surface area (Å²) in [6, 6.07) is -0.602. The van der Waals surface area contributed by atoms with Crippen LogP contribution >= 0.6 is 0 Å². The molecule has 2 atom stereocenters. The first-order chi connectivity index (χ1) is 9.40. The van der Waals surface area contributed by atoms with Gasteiger partial charge in [0.1, 0.15) is 5.60 Å². The fourth-order valence-electron chi connectivity index (χ4n) is 2.08. The van der Waals surface area contributed by atoms with Gasteiger partial charge in [-0.3, -0.25) is 0 Å². The smallest absolute Gasteiger partial charge is 0.410 e. The lowest BCUT2D eigenvalue weighted by molar-refractivity contribution is 0.0287. The summed E-state index contributed by atoms with van der Waals surface area (Å²) in [7, 11) is 0. The second-order valence-corrected chi connectivity index (χ2v) is 5.61. The Hall–Kier alpha value is -2.28. The number of amides is 1. The molecule has 1 fully saturated rings. The fraction of sp³-hybridized carbons (Fsp3) is 0.727. The zero-order chi connectivity index (χ0) is 14.8. The van der Waals surface area contributed by atoms with E-state index >= 15 is 0 Å². The molecule has 108 valence electrons. The highest BCUT2D eigenvalue weighted by atomic mass is 16.6. The second kappa shape index (κ2) is 5.38. The molecule has 1 saturated heterocycles. The van der Waals surface area contributed by atoms with Crippen LogP contribution in [0.3, 0.4) is 0 Å². The highest BCUT2D eigenvalue weighted by molar-refractivity contribution is 5.68. The summed E-state index contributed by atoms with van der Waals surface area (Å²) in [4.78, 5) is 16.4. The molecule has 0 bridgehead atoms. The number of carbonyl (C=O) groups is 1. The maximum atomic E-state index is 12.0. The van der Waals surface area contributed by atoms with E-state index in [1.165, 1.54) is 4.90 Å². The Labute approximate surface area is 116 Å². The maximum absolute atomic E-state index is 12.0. The number of aromatic nitrogens is 3. The molecule has 1 aliphatic heterocycles. The minimum atomic E-state index is -0.559. The van der Waals surface area contributed by atoms with Crippen molar-refractivity contribution in [3.8, 4) is 0 Å². The molecule has 0 N–H and O–H groups in total. The normalized spacial score (nSPS) is 22.4. The molecular weight excluding hydrogens is 262 g/mol. The van der Waals surface area contributed by atoms with Crippen molar-refractivity contribution in [2.75, 3.05) is 13.1 Å². The lowest BCUT2D eigenvalue weighted by Gasteiger charge is -2.24. The van der Waals surface area contributed by atoms with Gasteiger partial charge in [-0.1, -0.05) is 10.3 Å². The standard InChI is InChI=1S/C11H17N7O2/c1-11(2,3)20-10(19)17-6-8(14-15-12)9(7-17)18-5-4-13-16-18/h4-5,8-9H,6-7H2,1-3H3. The van der Waals surface area contributed by atoms with Gasteiger partial charge in [-0.05, 0) is 26.3 Å². The van der Waals surface area contributed by atoms with Crippen LogP contribution in [-0.4, -0.2) is 50.7 Å². The number of azide groups is 1. The molecule has 2 heterocycles. The minimum Gasteiger partial charge on any atom is -0.444 e. The zero-order valence-electron chi connectivity index (χ0n) is 11.7. The Morgan fingerprint density at radius 1 is 1.50 bits per heavy atom. The Morgan fingerprint density at radius 2 is 2.25 bits per heavy atom. The van der Waals surface area contributed by atoms with Crippen LogP contribution in [0.25, 0.3) is 10.4 Å². The van der Waals surface area contributed by atoms with Crippen molar-refractivity contribution in [3.63, 3.8) is 0 Å². The molecule has 9 heteroatoms. The van der Waals surface area contributed by atoms with Crippen molar-refractivity contribution < 1.29 is 9.53 Å². The second-order valence-electron chi connectivity index (χ2n) is 5.61. The lowest BCUT2D eigenvalue weighted by Crippen LogP contribution is -2.35. The molecule has 0 saturated carbocycles. The molecule has 0 aliphatic carbocycles. The first kappa shape index (κ1) is 14.1. The van der Waals surface area contributed by atoms with Crippen LogP contribution in [0.5, 0.6) is 0 Å². The van der Waals surface area contributed by atoms with E-state index in [-0.39, 0.29) is 12.1 Å². The zero-order valence-corrected chi connectivity index (χ0v) is 11.7. The number of carbonyl (C=O) groups excluding carboxylic acids is 1. The van der Waals surface area contributed by atoms with Crippen molar-refractivity contribution in [2.45, 2.75) is 38.5 Å². The number of ether oxygens (including phenoxy) is 1. The largest absolute Gasteiger partial charge is 0.444 e. The van der Waals surface area contributed by atoms with Gasteiger partial charge in [-0.25, -0.2) is 9.48 Å². The third-order valence-corrected chi connectivity index (χ3v) is 2.89. The van der Waals surface area contributed by atoms with E-state index < -0.39 is 11.7 Å². The van der Waals surface area contributed by atoms with Gasteiger partial charge in [-0.15, -0.1) is 5.10 Å². The number of likely N-dealkylation sites (tertiary alicyclic amines) is 1. The summed E-state index contributed by atoms with van der Waals surface area (Å²) in [5, 5.41) is 11.4. The lowest BCUT2D eigenvalue weighted by atomic mass is 10.2. The van der Waals surface area contributed by atoms with E-state index in [0.717, 1.165) is 0 Å². The van der Waals surface area contributed by atoms with Crippen molar-refractivity contribution in [3.05, 3.63) is 22.8 Å². The van der Waals surface area contributed by atoms with E-state index in [1.54, 1.807) is 37.8 Å². The van der Waals surface area contributed by atoms with Gasteiger partial charge in [0, 0.05) is 24.2 Å². The van der Waals surface area contributed by atoms with Crippen LogP contribution in [0, 0.1) is 0 Å². The molecule has 2 rings (SSSR count). The van der Waals surface area contributed by atoms with E-state index in [0.29, 0.717) is 13.1 Å². The molecule has 9 nitrogen and oxygen atoms in total. The van der Waals surface area contributed by atoms with Gasteiger partial charge >= 0.3 is 6.09 Å². The average molecular weight is 279 g/mol. The Balaban J connectivity index is 2.12. The molecular formula is C11H17N7O2. The molecule has 1 aromatic heterocycles. The molecule has 1 aliphatic rings. The summed E-state index contributed by atoms with van der Waals surface area (Å²) in [6.07, 6.45) is 2.81. The van der Waals surface area contributed by atoms with E-state index in [9.17, 15) is 4.79 Å². The Morgan fingerprint density at radius 3 is 2.80 bits per heavy atom. The number of hydrogen-bond donors (Lipinski definition) is 0. The highest BCUT2D eigenvalue weighted by Gasteiger charge is 2.38.